The van der Waals surface area contributed by atoms with E-state index in [9.17, 15) is 13.2 Å². The summed E-state index contributed by atoms with van der Waals surface area (Å²) in [5, 5.41) is 0.263. The largest absolute Gasteiger partial charge is 0.469 e. The van der Waals surface area contributed by atoms with Crippen LogP contribution in [0.25, 0.3) is 0 Å². The highest BCUT2D eigenvalue weighted by atomic mass is 32.2. The SMILES string of the molecule is COC(=O)Cc1sc(NS(C)(=O)=O)nc1C. The van der Waals surface area contributed by atoms with Gasteiger partial charge in [-0.3, -0.25) is 9.52 Å². The summed E-state index contributed by atoms with van der Waals surface area (Å²) in [4.78, 5) is 15.7. The van der Waals surface area contributed by atoms with Crippen LogP contribution in [0.2, 0.25) is 0 Å². The average Bonchev–Trinajstić information content (AvgIpc) is 2.43. The van der Waals surface area contributed by atoms with Gasteiger partial charge in [0, 0.05) is 4.88 Å². The number of carbonyl (C=O) groups excluding carboxylic acids is 1. The van der Waals surface area contributed by atoms with E-state index < -0.39 is 10.0 Å². The van der Waals surface area contributed by atoms with Crippen molar-refractivity contribution >= 4 is 32.5 Å². The first-order chi connectivity index (χ1) is 7.31. The monoisotopic (exact) mass is 264 g/mol. The number of anilines is 1. The van der Waals surface area contributed by atoms with Crippen LogP contribution in [-0.2, 0) is 26.0 Å². The zero-order valence-electron chi connectivity index (χ0n) is 9.10. The molecule has 0 amide bonds. The molecule has 0 aromatic carbocycles. The Hall–Kier alpha value is -1.15. The van der Waals surface area contributed by atoms with Gasteiger partial charge in [0.1, 0.15) is 0 Å². The highest BCUT2D eigenvalue weighted by Gasteiger charge is 2.13. The molecule has 0 saturated carbocycles. The molecule has 0 radical (unpaired) electrons. The molecule has 8 heteroatoms. The van der Waals surface area contributed by atoms with Gasteiger partial charge in [-0.05, 0) is 6.92 Å². The Labute approximate surface area is 97.7 Å². The number of sulfonamides is 1. The van der Waals surface area contributed by atoms with Crippen LogP contribution in [0.15, 0.2) is 0 Å². The number of ether oxygens (including phenoxy) is 1. The van der Waals surface area contributed by atoms with E-state index in [2.05, 4.69) is 14.4 Å². The highest BCUT2D eigenvalue weighted by Crippen LogP contribution is 2.23. The Morgan fingerprint density at radius 1 is 1.56 bits per heavy atom. The molecule has 0 unspecified atom stereocenters. The number of nitrogens with zero attached hydrogens (tertiary/aromatic N) is 1. The Morgan fingerprint density at radius 3 is 2.69 bits per heavy atom. The minimum absolute atomic E-state index is 0.103. The van der Waals surface area contributed by atoms with Crippen molar-refractivity contribution in [2.45, 2.75) is 13.3 Å². The Kier molecular flexibility index (Phi) is 3.87. The van der Waals surface area contributed by atoms with Crippen molar-refractivity contribution < 1.29 is 17.9 Å². The third-order valence-electron chi connectivity index (χ3n) is 1.70. The minimum atomic E-state index is -3.33. The molecule has 0 bridgehead atoms. The van der Waals surface area contributed by atoms with Gasteiger partial charge < -0.3 is 4.74 Å². The predicted molar refractivity (Wildman–Crippen MR) is 61.0 cm³/mol. The second-order valence-corrected chi connectivity index (χ2v) is 5.99. The quantitative estimate of drug-likeness (QED) is 0.802. The van der Waals surface area contributed by atoms with Gasteiger partial charge >= 0.3 is 5.97 Å². The number of aryl methyl sites for hydroxylation is 1. The minimum Gasteiger partial charge on any atom is -0.469 e. The van der Waals surface area contributed by atoms with E-state index in [1.54, 1.807) is 6.92 Å². The van der Waals surface area contributed by atoms with Gasteiger partial charge in [-0.1, -0.05) is 0 Å². The van der Waals surface area contributed by atoms with E-state index in [1.807, 2.05) is 0 Å². The topological polar surface area (TPSA) is 85.4 Å². The number of thiazole rings is 1. The molecule has 0 aliphatic heterocycles. The van der Waals surface area contributed by atoms with Crippen LogP contribution in [0.5, 0.6) is 0 Å². The van der Waals surface area contributed by atoms with Gasteiger partial charge in [0.15, 0.2) is 5.13 Å². The third-order valence-corrected chi connectivity index (χ3v) is 3.46. The molecule has 0 aliphatic carbocycles. The summed E-state index contributed by atoms with van der Waals surface area (Å²) in [5.74, 6) is -0.377. The van der Waals surface area contributed by atoms with Crippen LogP contribution in [0.4, 0.5) is 5.13 Å². The van der Waals surface area contributed by atoms with E-state index in [-0.39, 0.29) is 17.5 Å². The molecule has 90 valence electrons. The molecule has 0 aliphatic rings. The molecule has 6 nitrogen and oxygen atoms in total. The maximum absolute atomic E-state index is 11.0. The molecule has 1 aromatic rings. The van der Waals surface area contributed by atoms with Gasteiger partial charge in [0.2, 0.25) is 10.0 Å². The molecule has 0 spiro atoms. The number of rotatable bonds is 4. The van der Waals surface area contributed by atoms with E-state index >= 15 is 0 Å². The fourth-order valence-electron chi connectivity index (χ4n) is 0.998. The second kappa shape index (κ2) is 4.79. The lowest BCUT2D eigenvalue weighted by Gasteiger charge is -1.96. The summed E-state index contributed by atoms with van der Waals surface area (Å²) in [6.07, 6.45) is 1.15. The van der Waals surface area contributed by atoms with Crippen LogP contribution < -0.4 is 4.72 Å². The number of aromatic nitrogens is 1. The molecular weight excluding hydrogens is 252 g/mol. The molecule has 1 heterocycles. The van der Waals surface area contributed by atoms with Crippen LogP contribution in [-0.4, -0.2) is 32.7 Å². The zero-order valence-corrected chi connectivity index (χ0v) is 10.7. The molecule has 0 fully saturated rings. The van der Waals surface area contributed by atoms with Crippen molar-refractivity contribution in [2.24, 2.45) is 0 Å². The average molecular weight is 264 g/mol. The van der Waals surface area contributed by atoms with Crippen molar-refractivity contribution in [3.05, 3.63) is 10.6 Å². The summed E-state index contributed by atoms with van der Waals surface area (Å²) in [7, 11) is -2.03. The standard InChI is InChI=1S/C8H12N2O4S2/c1-5-6(4-7(11)14-2)15-8(9-5)10-16(3,12)13/h4H2,1-3H3,(H,9,10). The van der Waals surface area contributed by atoms with E-state index in [1.165, 1.54) is 7.11 Å². The van der Waals surface area contributed by atoms with Crippen molar-refractivity contribution in [3.63, 3.8) is 0 Å². The summed E-state index contributed by atoms with van der Waals surface area (Å²) in [6, 6.07) is 0. The normalized spacial score (nSPS) is 11.2. The summed E-state index contributed by atoms with van der Waals surface area (Å²) in [6.45, 7) is 1.71. The summed E-state index contributed by atoms with van der Waals surface area (Å²) in [5.41, 5.74) is 0.626. The molecule has 1 rings (SSSR count). The Bertz CT molecular complexity index is 492. The first kappa shape index (κ1) is 12.9. The fourth-order valence-corrected chi connectivity index (χ4v) is 2.78. The van der Waals surface area contributed by atoms with Crippen LogP contribution >= 0.6 is 11.3 Å². The van der Waals surface area contributed by atoms with E-state index in [0.29, 0.717) is 10.6 Å². The van der Waals surface area contributed by atoms with Gasteiger partial charge in [0.25, 0.3) is 0 Å². The van der Waals surface area contributed by atoms with Crippen molar-refractivity contribution in [1.29, 1.82) is 0 Å². The van der Waals surface area contributed by atoms with Gasteiger partial charge in [-0.25, -0.2) is 13.4 Å². The van der Waals surface area contributed by atoms with Crippen molar-refractivity contribution in [1.82, 2.24) is 4.98 Å². The first-order valence-electron chi connectivity index (χ1n) is 4.32. The van der Waals surface area contributed by atoms with Crippen molar-refractivity contribution in [3.8, 4) is 0 Å². The molecule has 0 saturated heterocycles. The smallest absolute Gasteiger partial charge is 0.310 e. The van der Waals surface area contributed by atoms with Gasteiger partial charge in [-0.2, -0.15) is 0 Å². The number of hydrogen-bond donors (Lipinski definition) is 1. The fraction of sp³-hybridized carbons (Fsp3) is 0.500. The number of hydrogen-bond acceptors (Lipinski definition) is 6. The Morgan fingerprint density at radius 2 is 2.19 bits per heavy atom. The molecular formula is C8H12N2O4S2. The summed E-state index contributed by atoms with van der Waals surface area (Å²) >= 11 is 1.13. The predicted octanol–water partition coefficient (Wildman–Crippen LogP) is 0.539. The van der Waals surface area contributed by atoms with Crippen LogP contribution in [0.1, 0.15) is 10.6 Å². The van der Waals surface area contributed by atoms with E-state index in [0.717, 1.165) is 17.6 Å². The van der Waals surface area contributed by atoms with E-state index in [4.69, 9.17) is 0 Å². The molecule has 1 aromatic heterocycles. The van der Waals surface area contributed by atoms with Gasteiger partial charge in [-0.15, -0.1) is 11.3 Å². The third kappa shape index (κ3) is 3.78. The maximum atomic E-state index is 11.0. The van der Waals surface area contributed by atoms with Gasteiger partial charge in [0.05, 0.1) is 25.5 Å². The number of nitrogens with one attached hydrogen (secondary N) is 1. The van der Waals surface area contributed by atoms with Crippen molar-refractivity contribution in [2.75, 3.05) is 18.1 Å². The zero-order chi connectivity index (χ0) is 12.3. The second-order valence-electron chi connectivity index (χ2n) is 3.15. The molecule has 16 heavy (non-hydrogen) atoms. The number of esters is 1. The maximum Gasteiger partial charge on any atom is 0.310 e. The summed E-state index contributed by atoms with van der Waals surface area (Å²) < 4.78 is 28.7. The highest BCUT2D eigenvalue weighted by molar-refractivity contribution is 7.92. The number of carbonyl (C=O) groups is 1. The number of methoxy groups -OCH3 is 1. The first-order valence-corrected chi connectivity index (χ1v) is 7.03. The molecule has 1 N–H and O–H groups in total. The lowest BCUT2D eigenvalue weighted by Crippen LogP contribution is -2.08. The van der Waals surface area contributed by atoms with Crippen LogP contribution in [0.3, 0.4) is 0 Å². The Balaban J connectivity index is 2.86. The lowest BCUT2D eigenvalue weighted by molar-refractivity contribution is -0.139. The van der Waals surface area contributed by atoms with Crippen LogP contribution in [0, 0.1) is 6.92 Å². The molecule has 0 atom stereocenters. The lowest BCUT2D eigenvalue weighted by atomic mass is 10.3.